The van der Waals surface area contributed by atoms with Gasteiger partial charge in [-0.25, -0.2) is 4.57 Å². The summed E-state index contributed by atoms with van der Waals surface area (Å²) in [6, 6.07) is 15.1. The van der Waals surface area contributed by atoms with Crippen molar-refractivity contribution < 1.29 is 4.57 Å². The number of allylic oxidation sites excluding steroid dienone is 2. The molecule has 2 aromatic rings. The summed E-state index contributed by atoms with van der Waals surface area (Å²) in [7, 11) is 2.11. The van der Waals surface area contributed by atoms with E-state index < -0.39 is 0 Å². The van der Waals surface area contributed by atoms with E-state index in [1.807, 2.05) is 0 Å². The molecule has 0 N–H and O–H groups in total. The Bertz CT molecular complexity index is 608. The Morgan fingerprint density at radius 2 is 1.76 bits per heavy atom. The highest BCUT2D eigenvalue weighted by Gasteiger charge is 2.23. The lowest BCUT2D eigenvalue weighted by atomic mass is 10.1. The van der Waals surface area contributed by atoms with Gasteiger partial charge in [0.2, 0.25) is 5.69 Å². The minimum absolute atomic E-state index is 1.06. The van der Waals surface area contributed by atoms with Gasteiger partial charge in [0.1, 0.15) is 7.05 Å². The van der Waals surface area contributed by atoms with Gasteiger partial charge in [-0.15, -0.1) is 0 Å². The maximum absolute atomic E-state index is 2.23. The van der Waals surface area contributed by atoms with Crippen LogP contribution in [0.1, 0.15) is 23.7 Å². The maximum atomic E-state index is 2.23. The first-order valence-corrected chi connectivity index (χ1v) is 6.00. The fourth-order valence-corrected chi connectivity index (χ4v) is 2.65. The van der Waals surface area contributed by atoms with Crippen molar-refractivity contribution >= 4 is 11.1 Å². The van der Waals surface area contributed by atoms with Crippen LogP contribution in [0.25, 0.3) is 11.1 Å². The highest BCUT2D eigenvalue weighted by Crippen LogP contribution is 2.36. The second-order valence-electron chi connectivity index (χ2n) is 4.63. The summed E-state index contributed by atoms with van der Waals surface area (Å²) in [5.74, 6) is 0. The quantitative estimate of drug-likeness (QED) is 0.653. The lowest BCUT2D eigenvalue weighted by Gasteiger charge is -2.01. The van der Waals surface area contributed by atoms with Crippen LogP contribution in [0.5, 0.6) is 0 Å². The van der Waals surface area contributed by atoms with Gasteiger partial charge in [-0.2, -0.15) is 0 Å². The molecule has 17 heavy (non-hydrogen) atoms. The zero-order valence-corrected chi connectivity index (χ0v) is 10.3. The summed E-state index contributed by atoms with van der Waals surface area (Å²) in [5, 5.41) is 0. The topological polar surface area (TPSA) is 3.88 Å². The average Bonchev–Trinajstić information content (AvgIpc) is 2.68. The number of rotatable bonds is 1. The van der Waals surface area contributed by atoms with Crippen molar-refractivity contribution in [3.05, 3.63) is 65.5 Å². The minimum Gasteiger partial charge on any atom is -0.201 e. The van der Waals surface area contributed by atoms with Crippen LogP contribution in [0, 0.1) is 0 Å². The van der Waals surface area contributed by atoms with Crippen molar-refractivity contribution in [2.45, 2.75) is 13.3 Å². The van der Waals surface area contributed by atoms with Crippen LogP contribution in [0.3, 0.4) is 0 Å². The van der Waals surface area contributed by atoms with Crippen molar-refractivity contribution in [3.63, 3.8) is 0 Å². The molecule has 1 aliphatic carbocycles. The lowest BCUT2D eigenvalue weighted by molar-refractivity contribution is -0.673. The third-order valence-electron chi connectivity index (χ3n) is 3.61. The molecule has 0 aliphatic heterocycles. The fourth-order valence-electron chi connectivity index (χ4n) is 2.65. The molecule has 1 aromatic heterocycles. The molecule has 1 nitrogen and oxygen atoms in total. The summed E-state index contributed by atoms with van der Waals surface area (Å²) >= 11 is 0. The van der Waals surface area contributed by atoms with Crippen molar-refractivity contribution in [1.82, 2.24) is 0 Å². The summed E-state index contributed by atoms with van der Waals surface area (Å²) in [6.07, 6.45) is 3.17. The van der Waals surface area contributed by atoms with Crippen LogP contribution in [-0.2, 0) is 13.5 Å². The van der Waals surface area contributed by atoms with Crippen LogP contribution >= 0.6 is 0 Å². The second kappa shape index (κ2) is 3.85. The van der Waals surface area contributed by atoms with Crippen molar-refractivity contribution in [2.75, 3.05) is 0 Å². The molecule has 1 aromatic carbocycles. The molecule has 0 radical (unpaired) electrons. The standard InChI is InChI=1S/C16H16N/c1-12-14-8-4-3-7-13(14)11-15(12)16-9-5-6-10-17(16)2/h3-10H,11H2,1-2H3/q+1. The molecule has 1 aliphatic rings. The predicted molar refractivity (Wildman–Crippen MR) is 70.3 cm³/mol. The monoisotopic (exact) mass is 222 g/mol. The van der Waals surface area contributed by atoms with Gasteiger partial charge < -0.3 is 0 Å². The first-order chi connectivity index (χ1) is 8.27. The van der Waals surface area contributed by atoms with Crippen molar-refractivity contribution in [1.29, 1.82) is 0 Å². The highest BCUT2D eigenvalue weighted by molar-refractivity contribution is 5.94. The summed E-state index contributed by atoms with van der Waals surface area (Å²) in [5.41, 5.74) is 7.05. The van der Waals surface area contributed by atoms with Gasteiger partial charge >= 0.3 is 0 Å². The van der Waals surface area contributed by atoms with Gasteiger partial charge in [-0.1, -0.05) is 24.3 Å². The molecule has 0 saturated heterocycles. The second-order valence-corrected chi connectivity index (χ2v) is 4.63. The van der Waals surface area contributed by atoms with Crippen LogP contribution < -0.4 is 4.57 Å². The molecule has 1 heterocycles. The number of hydrogen-bond acceptors (Lipinski definition) is 0. The number of hydrogen-bond donors (Lipinski definition) is 0. The normalized spacial score (nSPS) is 14.0. The highest BCUT2D eigenvalue weighted by atomic mass is 14.9. The Hall–Kier alpha value is -1.89. The van der Waals surface area contributed by atoms with Gasteiger partial charge in [0.25, 0.3) is 0 Å². The molecule has 3 rings (SSSR count). The third-order valence-corrected chi connectivity index (χ3v) is 3.61. The van der Waals surface area contributed by atoms with Crippen LogP contribution in [0.15, 0.2) is 48.7 Å². The maximum Gasteiger partial charge on any atom is 0.208 e. The van der Waals surface area contributed by atoms with Gasteiger partial charge in [-0.05, 0) is 29.7 Å². The van der Waals surface area contributed by atoms with Gasteiger partial charge in [0.05, 0.1) is 0 Å². The molecule has 0 fully saturated rings. The Labute approximate surface area is 102 Å². The fraction of sp³-hybridized carbons (Fsp3) is 0.188. The summed E-state index contributed by atoms with van der Waals surface area (Å²) < 4.78 is 2.20. The molecule has 0 bridgehead atoms. The minimum atomic E-state index is 1.06. The molecule has 0 saturated carbocycles. The van der Waals surface area contributed by atoms with E-state index in [0.29, 0.717) is 0 Å². The Morgan fingerprint density at radius 3 is 2.53 bits per heavy atom. The van der Waals surface area contributed by atoms with E-state index in [0.717, 1.165) is 6.42 Å². The molecule has 0 spiro atoms. The van der Waals surface area contributed by atoms with E-state index in [1.54, 1.807) is 0 Å². The van der Waals surface area contributed by atoms with Gasteiger partial charge in [0, 0.05) is 24.1 Å². The van der Waals surface area contributed by atoms with E-state index in [1.165, 1.54) is 28.0 Å². The number of pyridine rings is 1. The van der Waals surface area contributed by atoms with Gasteiger partial charge in [0.15, 0.2) is 6.20 Å². The molecular formula is C16H16N+. The van der Waals surface area contributed by atoms with E-state index in [4.69, 9.17) is 0 Å². The van der Waals surface area contributed by atoms with Gasteiger partial charge in [-0.3, -0.25) is 0 Å². The zero-order chi connectivity index (χ0) is 11.8. The first-order valence-electron chi connectivity index (χ1n) is 6.00. The summed E-state index contributed by atoms with van der Waals surface area (Å²) in [6.45, 7) is 2.23. The smallest absolute Gasteiger partial charge is 0.201 e. The van der Waals surface area contributed by atoms with E-state index in [9.17, 15) is 0 Å². The number of aromatic nitrogens is 1. The van der Waals surface area contributed by atoms with Crippen molar-refractivity contribution in [3.8, 4) is 0 Å². The largest absolute Gasteiger partial charge is 0.208 e. The molecule has 1 heteroatoms. The average molecular weight is 222 g/mol. The first kappa shape index (κ1) is 10.3. The molecule has 0 atom stereocenters. The van der Waals surface area contributed by atoms with Crippen LogP contribution in [0.4, 0.5) is 0 Å². The Balaban J connectivity index is 2.15. The molecular weight excluding hydrogens is 206 g/mol. The molecule has 84 valence electrons. The number of fused-ring (bicyclic) bond motifs is 1. The Morgan fingerprint density at radius 1 is 1.00 bits per heavy atom. The third kappa shape index (κ3) is 1.59. The Kier molecular flexibility index (Phi) is 2.32. The lowest BCUT2D eigenvalue weighted by Crippen LogP contribution is -2.32. The number of aryl methyl sites for hydroxylation is 1. The zero-order valence-electron chi connectivity index (χ0n) is 10.3. The molecule has 0 amide bonds. The predicted octanol–water partition coefficient (Wildman–Crippen LogP) is 3.00. The number of benzene rings is 1. The van der Waals surface area contributed by atoms with Crippen LogP contribution in [-0.4, -0.2) is 0 Å². The van der Waals surface area contributed by atoms with E-state index in [2.05, 4.69) is 67.2 Å². The van der Waals surface area contributed by atoms with Crippen molar-refractivity contribution in [2.24, 2.45) is 7.05 Å². The number of nitrogens with zero attached hydrogens (tertiary/aromatic N) is 1. The van der Waals surface area contributed by atoms with Crippen LogP contribution in [0.2, 0.25) is 0 Å². The SMILES string of the molecule is CC1=C(c2cccc[n+]2C)Cc2ccccc21. The summed E-state index contributed by atoms with van der Waals surface area (Å²) in [4.78, 5) is 0. The van der Waals surface area contributed by atoms with E-state index in [-0.39, 0.29) is 0 Å². The van der Waals surface area contributed by atoms with E-state index >= 15 is 0 Å². The molecule has 0 unspecified atom stereocenters.